The number of para-hydroxylation sites is 1. The summed E-state index contributed by atoms with van der Waals surface area (Å²) in [7, 11) is 0. The van der Waals surface area contributed by atoms with Crippen molar-refractivity contribution in [2.75, 3.05) is 38.0 Å². The lowest BCUT2D eigenvalue weighted by Crippen LogP contribution is -2.55. The lowest BCUT2D eigenvalue weighted by atomic mass is 9.94. The first-order chi connectivity index (χ1) is 20.0. The number of nitrogens with one attached hydrogen (secondary N) is 2. The summed E-state index contributed by atoms with van der Waals surface area (Å²) in [6.45, 7) is 0.953. The molecule has 1 aromatic heterocycles. The van der Waals surface area contributed by atoms with Gasteiger partial charge in [0.05, 0.1) is 34.5 Å². The Morgan fingerprint density at radius 3 is 2.31 bits per heavy atom. The average Bonchev–Trinajstić information content (AvgIpc) is 2.97. The lowest BCUT2D eigenvalue weighted by molar-refractivity contribution is -0.137. The molecule has 3 aromatic rings. The summed E-state index contributed by atoms with van der Waals surface area (Å²) in [5.41, 5.74) is 16.7. The van der Waals surface area contributed by atoms with Crippen LogP contribution in [-0.4, -0.2) is 72.3 Å². The van der Waals surface area contributed by atoms with Crippen LogP contribution >= 0.6 is 0 Å². The number of aromatic nitrogens is 1. The Kier molecular flexibility index (Phi) is 11.5. The van der Waals surface area contributed by atoms with Crippen LogP contribution in [0, 0.1) is 0 Å². The van der Waals surface area contributed by atoms with E-state index in [-0.39, 0.29) is 44.8 Å². The number of pyridine rings is 1. The fourth-order valence-corrected chi connectivity index (χ4v) is 4.36. The van der Waals surface area contributed by atoms with E-state index >= 15 is 0 Å². The van der Waals surface area contributed by atoms with Gasteiger partial charge >= 0.3 is 6.18 Å². The number of alkyl halides is 3. The van der Waals surface area contributed by atoms with E-state index in [0.29, 0.717) is 30.6 Å². The van der Waals surface area contributed by atoms with Gasteiger partial charge in [0.2, 0.25) is 11.8 Å². The van der Waals surface area contributed by atoms with Crippen LogP contribution in [0.15, 0.2) is 60.8 Å². The van der Waals surface area contributed by atoms with E-state index in [1.165, 1.54) is 23.2 Å². The van der Waals surface area contributed by atoms with Gasteiger partial charge in [-0.1, -0.05) is 30.3 Å². The van der Waals surface area contributed by atoms with Crippen molar-refractivity contribution in [2.45, 2.75) is 37.0 Å². The van der Waals surface area contributed by atoms with Crippen molar-refractivity contribution in [3.63, 3.8) is 0 Å². The van der Waals surface area contributed by atoms with Gasteiger partial charge in [-0.2, -0.15) is 13.2 Å². The molecule has 0 saturated heterocycles. The van der Waals surface area contributed by atoms with Crippen LogP contribution in [0.1, 0.15) is 24.0 Å². The Morgan fingerprint density at radius 2 is 1.69 bits per heavy atom. The van der Waals surface area contributed by atoms with Crippen LogP contribution in [-0.2, 0) is 27.0 Å². The molecule has 0 spiro atoms. The van der Waals surface area contributed by atoms with Crippen molar-refractivity contribution in [3.8, 4) is 0 Å². The predicted octanol–water partition coefficient (Wildman–Crippen LogP) is 1.82. The molecule has 1 heterocycles. The van der Waals surface area contributed by atoms with Gasteiger partial charge < -0.3 is 37.5 Å². The minimum absolute atomic E-state index is 0.000371. The molecule has 2 aromatic carbocycles. The van der Waals surface area contributed by atoms with Gasteiger partial charge in [0.25, 0.3) is 0 Å². The van der Waals surface area contributed by atoms with Crippen molar-refractivity contribution < 1.29 is 27.6 Å². The molecular formula is C29H36F3N7O3. The molecule has 0 aliphatic heterocycles. The zero-order chi connectivity index (χ0) is 30.8. The fraction of sp³-hybridized carbons (Fsp3) is 0.379. The number of aldehydes is 1. The highest BCUT2D eigenvalue weighted by atomic mass is 19.4. The van der Waals surface area contributed by atoms with Gasteiger partial charge in [0.15, 0.2) is 0 Å². The molecule has 2 amide bonds. The van der Waals surface area contributed by atoms with E-state index in [1.807, 2.05) is 24.3 Å². The number of hydrogen-bond donors (Lipinski definition) is 5. The second-order valence-electron chi connectivity index (χ2n) is 10.0. The lowest BCUT2D eigenvalue weighted by Gasteiger charge is -2.28. The smallest absolute Gasteiger partial charge is 0.340 e. The zero-order valence-electron chi connectivity index (χ0n) is 23.1. The summed E-state index contributed by atoms with van der Waals surface area (Å²) < 4.78 is 39.2. The maximum atomic E-state index is 13.4. The fourth-order valence-electron chi connectivity index (χ4n) is 4.36. The maximum Gasteiger partial charge on any atom is 0.416 e. The van der Waals surface area contributed by atoms with Crippen molar-refractivity contribution >= 4 is 34.7 Å². The number of fused-ring (bicyclic) bond motifs is 1. The molecule has 42 heavy (non-hydrogen) atoms. The normalized spacial score (nSPS) is 13.8. The Balaban J connectivity index is 1.76. The van der Waals surface area contributed by atoms with Crippen LogP contribution in [0.5, 0.6) is 0 Å². The number of amides is 2. The molecule has 0 radical (unpaired) electrons. The second kappa shape index (κ2) is 14.8. The zero-order valence-corrected chi connectivity index (χ0v) is 23.1. The molecule has 226 valence electrons. The first kappa shape index (κ1) is 32.6. The Bertz CT molecular complexity index is 1350. The molecule has 0 aliphatic rings. The van der Waals surface area contributed by atoms with Crippen LogP contribution in [0.3, 0.4) is 0 Å². The highest BCUT2D eigenvalue weighted by Crippen LogP contribution is 2.29. The van der Waals surface area contributed by atoms with E-state index in [1.54, 1.807) is 6.07 Å². The molecule has 3 rings (SSSR count). The van der Waals surface area contributed by atoms with E-state index in [4.69, 9.17) is 17.2 Å². The van der Waals surface area contributed by atoms with Crippen LogP contribution in [0.2, 0.25) is 0 Å². The average molecular weight is 588 g/mol. The topological polar surface area (TPSA) is 169 Å². The third kappa shape index (κ3) is 9.31. The van der Waals surface area contributed by atoms with E-state index < -0.39 is 29.2 Å². The number of carbonyl (C=O) groups excluding carboxylic acids is 3. The second-order valence-corrected chi connectivity index (χ2v) is 10.0. The molecule has 0 fully saturated rings. The molecule has 2 unspecified atom stereocenters. The van der Waals surface area contributed by atoms with Crippen LogP contribution in [0.4, 0.5) is 18.9 Å². The van der Waals surface area contributed by atoms with Gasteiger partial charge in [-0.3, -0.25) is 14.6 Å². The maximum absolute atomic E-state index is 13.4. The number of nitrogens with two attached hydrogens (primary N) is 3. The molecular weight excluding hydrogens is 551 g/mol. The molecule has 0 bridgehead atoms. The van der Waals surface area contributed by atoms with Crippen molar-refractivity contribution in [1.29, 1.82) is 0 Å². The number of anilines is 1. The van der Waals surface area contributed by atoms with Gasteiger partial charge in [-0.25, -0.2) is 0 Å². The number of benzene rings is 2. The standard InChI is InChI=1S/C29H36F3N7O3/c30-29(31,32)22-7-5-20(6-8-22)15-25(27(42)38-23-16-21-3-1-2-4-24(21)36-17-23)37-18-28(35,19-40)10-9-26(41)39(13-11-33)14-12-34/h1-8,16-17,19,25,37H,9-15,18,33-35H2,(H,38,42). The largest absolute Gasteiger partial charge is 0.416 e. The first-order valence-electron chi connectivity index (χ1n) is 13.5. The summed E-state index contributed by atoms with van der Waals surface area (Å²) in [6.07, 6.45) is -2.55. The summed E-state index contributed by atoms with van der Waals surface area (Å²) >= 11 is 0. The number of rotatable bonds is 15. The SMILES string of the molecule is NCCN(CCN)C(=O)CCC(N)(C=O)CNC(Cc1ccc(C(F)(F)F)cc1)C(=O)Nc1cnc2ccccc2c1. The quantitative estimate of drug-likeness (QED) is 0.168. The molecule has 8 N–H and O–H groups in total. The minimum Gasteiger partial charge on any atom is -0.340 e. The van der Waals surface area contributed by atoms with E-state index in [2.05, 4.69) is 15.6 Å². The van der Waals surface area contributed by atoms with Crippen molar-refractivity contribution in [2.24, 2.45) is 17.2 Å². The molecule has 13 heteroatoms. The van der Waals surface area contributed by atoms with Gasteiger partial charge in [0.1, 0.15) is 6.29 Å². The van der Waals surface area contributed by atoms with Gasteiger partial charge in [-0.05, 0) is 42.7 Å². The number of hydrogen-bond acceptors (Lipinski definition) is 8. The summed E-state index contributed by atoms with van der Waals surface area (Å²) in [5.74, 6) is -0.765. The molecule has 2 atom stereocenters. The third-order valence-corrected chi connectivity index (χ3v) is 6.76. The van der Waals surface area contributed by atoms with Crippen molar-refractivity contribution in [1.82, 2.24) is 15.2 Å². The summed E-state index contributed by atoms with van der Waals surface area (Å²) in [5, 5.41) is 6.57. The molecule has 0 aliphatic carbocycles. The minimum atomic E-state index is -4.50. The summed E-state index contributed by atoms with van der Waals surface area (Å²) in [4.78, 5) is 43.9. The Morgan fingerprint density at radius 1 is 1.02 bits per heavy atom. The van der Waals surface area contributed by atoms with E-state index in [0.717, 1.165) is 23.0 Å². The molecule has 0 saturated carbocycles. The number of halogens is 3. The van der Waals surface area contributed by atoms with Gasteiger partial charge in [-0.15, -0.1) is 0 Å². The highest BCUT2D eigenvalue weighted by Gasteiger charge is 2.31. The van der Waals surface area contributed by atoms with Crippen LogP contribution < -0.4 is 27.8 Å². The first-order valence-corrected chi connectivity index (χ1v) is 13.5. The van der Waals surface area contributed by atoms with E-state index in [9.17, 15) is 27.6 Å². The summed E-state index contributed by atoms with van der Waals surface area (Å²) in [6, 6.07) is 12.6. The molecule has 10 nitrogen and oxygen atoms in total. The number of carbonyl (C=O) groups is 3. The Labute approximate surface area is 241 Å². The predicted molar refractivity (Wildman–Crippen MR) is 154 cm³/mol. The third-order valence-electron chi connectivity index (χ3n) is 6.76. The van der Waals surface area contributed by atoms with Gasteiger partial charge in [0, 0.05) is 44.5 Å². The monoisotopic (exact) mass is 587 g/mol. The number of nitrogens with zero attached hydrogens (tertiary/aromatic N) is 2. The van der Waals surface area contributed by atoms with Crippen molar-refractivity contribution in [3.05, 3.63) is 71.9 Å². The Hall–Kier alpha value is -3.91. The highest BCUT2D eigenvalue weighted by molar-refractivity contribution is 5.96. The van der Waals surface area contributed by atoms with Crippen LogP contribution in [0.25, 0.3) is 10.9 Å².